The molecule has 0 saturated carbocycles. The molecule has 0 radical (unpaired) electrons. The molecule has 1 aliphatic rings. The Morgan fingerprint density at radius 1 is 1.09 bits per heavy atom. The van der Waals surface area contributed by atoms with E-state index in [0.29, 0.717) is 5.02 Å². The van der Waals surface area contributed by atoms with Gasteiger partial charge in [0.15, 0.2) is 0 Å². The summed E-state index contributed by atoms with van der Waals surface area (Å²) in [5.41, 5.74) is 0.934. The van der Waals surface area contributed by atoms with Gasteiger partial charge in [-0.05, 0) is 24.3 Å². The van der Waals surface area contributed by atoms with E-state index in [1.807, 2.05) is 36.4 Å². The van der Waals surface area contributed by atoms with Crippen LogP contribution in [0.15, 0.2) is 40.8 Å². The lowest BCUT2D eigenvalue weighted by molar-refractivity contribution is 0.0383. The molecule has 6 heteroatoms. The number of hydrogen-bond donors (Lipinski definition) is 1. The Hall–Kier alpha value is -1.04. The summed E-state index contributed by atoms with van der Waals surface area (Å²) in [5.74, 6) is 1.74. The smallest absolute Gasteiger partial charge is 0.135 e. The van der Waals surface area contributed by atoms with Crippen molar-refractivity contribution in [3.8, 4) is 11.3 Å². The summed E-state index contributed by atoms with van der Waals surface area (Å²) >= 11 is 6.19. The molecule has 1 N–H and O–H groups in total. The van der Waals surface area contributed by atoms with E-state index in [1.165, 1.54) is 0 Å². The number of ether oxygens (including phenoxy) is 1. The van der Waals surface area contributed by atoms with E-state index >= 15 is 0 Å². The third-order valence-electron chi connectivity index (χ3n) is 3.81. The number of furan rings is 1. The number of halogens is 2. The number of benzene rings is 1. The molecule has 1 aromatic heterocycles. The van der Waals surface area contributed by atoms with Crippen LogP contribution in [0.25, 0.3) is 11.3 Å². The van der Waals surface area contributed by atoms with Gasteiger partial charge in [-0.1, -0.05) is 23.7 Å². The monoisotopic (exact) mass is 356 g/mol. The zero-order chi connectivity index (χ0) is 15.2. The number of nitrogens with zero attached hydrogens (tertiary/aromatic N) is 1. The molecule has 0 aliphatic carbocycles. The average molecular weight is 357 g/mol. The Kier molecular flexibility index (Phi) is 7.40. The van der Waals surface area contributed by atoms with Crippen molar-refractivity contribution >= 4 is 24.0 Å². The number of hydrogen-bond acceptors (Lipinski definition) is 4. The van der Waals surface area contributed by atoms with Gasteiger partial charge in [0.05, 0.1) is 24.8 Å². The number of rotatable bonds is 6. The molecule has 1 fully saturated rings. The van der Waals surface area contributed by atoms with E-state index in [-0.39, 0.29) is 12.4 Å². The number of nitrogens with one attached hydrogen (secondary N) is 1. The minimum atomic E-state index is 0. The maximum absolute atomic E-state index is 6.19. The molecular formula is C17H22Cl2N2O2. The highest BCUT2D eigenvalue weighted by Gasteiger charge is 2.10. The molecule has 1 saturated heterocycles. The average Bonchev–Trinajstić information content (AvgIpc) is 3.02. The topological polar surface area (TPSA) is 37.6 Å². The van der Waals surface area contributed by atoms with E-state index in [4.69, 9.17) is 20.8 Å². The highest BCUT2D eigenvalue weighted by molar-refractivity contribution is 6.33. The van der Waals surface area contributed by atoms with Crippen LogP contribution < -0.4 is 5.32 Å². The summed E-state index contributed by atoms with van der Waals surface area (Å²) in [6.45, 7) is 6.47. The van der Waals surface area contributed by atoms with Crippen LogP contribution in [-0.4, -0.2) is 44.3 Å². The van der Waals surface area contributed by atoms with Crippen molar-refractivity contribution in [2.45, 2.75) is 6.54 Å². The predicted molar refractivity (Wildman–Crippen MR) is 95.4 cm³/mol. The summed E-state index contributed by atoms with van der Waals surface area (Å²) in [7, 11) is 0. The standard InChI is InChI=1S/C17H21ClN2O2.ClH/c18-16-4-2-1-3-15(16)17-6-5-14(22-17)13-19-7-8-20-9-11-21-12-10-20;/h1-6,19H,7-13H2;1H. The fourth-order valence-corrected chi connectivity index (χ4v) is 2.78. The molecule has 2 aromatic rings. The predicted octanol–water partition coefficient (Wildman–Crippen LogP) is 3.44. The van der Waals surface area contributed by atoms with Crippen LogP contribution in [0, 0.1) is 0 Å². The lowest BCUT2D eigenvalue weighted by atomic mass is 10.2. The van der Waals surface area contributed by atoms with Crippen LogP contribution in [0.2, 0.25) is 5.02 Å². The molecule has 126 valence electrons. The molecular weight excluding hydrogens is 335 g/mol. The van der Waals surface area contributed by atoms with E-state index in [2.05, 4.69) is 10.2 Å². The summed E-state index contributed by atoms with van der Waals surface area (Å²) in [4.78, 5) is 2.41. The minimum absolute atomic E-state index is 0. The quantitative estimate of drug-likeness (QED) is 0.804. The van der Waals surface area contributed by atoms with Gasteiger partial charge >= 0.3 is 0 Å². The van der Waals surface area contributed by atoms with Crippen LogP contribution in [0.1, 0.15) is 5.76 Å². The van der Waals surface area contributed by atoms with E-state index in [9.17, 15) is 0 Å². The second kappa shape index (κ2) is 9.30. The SMILES string of the molecule is Cl.Clc1ccccc1-c1ccc(CNCCN2CCOCC2)o1. The molecule has 1 aromatic carbocycles. The Bertz CT molecular complexity index is 598. The maximum Gasteiger partial charge on any atom is 0.135 e. The van der Waals surface area contributed by atoms with Gasteiger partial charge < -0.3 is 14.5 Å². The highest BCUT2D eigenvalue weighted by Crippen LogP contribution is 2.28. The van der Waals surface area contributed by atoms with Crippen molar-refractivity contribution in [1.29, 1.82) is 0 Å². The molecule has 23 heavy (non-hydrogen) atoms. The minimum Gasteiger partial charge on any atom is -0.460 e. The Morgan fingerprint density at radius 3 is 2.65 bits per heavy atom. The largest absolute Gasteiger partial charge is 0.460 e. The molecule has 0 atom stereocenters. The molecule has 0 bridgehead atoms. The van der Waals surface area contributed by atoms with Crippen molar-refractivity contribution < 1.29 is 9.15 Å². The van der Waals surface area contributed by atoms with Crippen LogP contribution in [0.3, 0.4) is 0 Å². The Morgan fingerprint density at radius 2 is 1.87 bits per heavy atom. The van der Waals surface area contributed by atoms with Crippen LogP contribution in [0.4, 0.5) is 0 Å². The van der Waals surface area contributed by atoms with Crippen molar-refractivity contribution in [3.63, 3.8) is 0 Å². The molecule has 4 nitrogen and oxygen atoms in total. The maximum atomic E-state index is 6.19. The van der Waals surface area contributed by atoms with Gasteiger partial charge in [-0.15, -0.1) is 12.4 Å². The fourth-order valence-electron chi connectivity index (χ4n) is 2.55. The fraction of sp³-hybridized carbons (Fsp3) is 0.412. The lowest BCUT2D eigenvalue weighted by Crippen LogP contribution is -2.40. The van der Waals surface area contributed by atoms with Gasteiger partial charge in [0.1, 0.15) is 11.5 Å². The van der Waals surface area contributed by atoms with Gasteiger partial charge in [-0.3, -0.25) is 4.90 Å². The van der Waals surface area contributed by atoms with E-state index in [0.717, 1.165) is 63.0 Å². The van der Waals surface area contributed by atoms with Gasteiger partial charge in [0.25, 0.3) is 0 Å². The zero-order valence-corrected chi connectivity index (χ0v) is 14.5. The lowest BCUT2D eigenvalue weighted by Gasteiger charge is -2.26. The Balaban J connectivity index is 0.00000192. The molecule has 1 aliphatic heterocycles. The van der Waals surface area contributed by atoms with Crippen LogP contribution in [0.5, 0.6) is 0 Å². The number of morpholine rings is 1. The van der Waals surface area contributed by atoms with Gasteiger partial charge in [0.2, 0.25) is 0 Å². The van der Waals surface area contributed by atoms with Gasteiger partial charge in [0, 0.05) is 31.7 Å². The van der Waals surface area contributed by atoms with Crippen LogP contribution >= 0.6 is 24.0 Å². The Labute approximate surface area is 148 Å². The second-order valence-corrected chi connectivity index (χ2v) is 5.78. The second-order valence-electron chi connectivity index (χ2n) is 5.38. The molecule has 0 amide bonds. The first kappa shape index (κ1) is 18.3. The van der Waals surface area contributed by atoms with Gasteiger partial charge in [-0.25, -0.2) is 0 Å². The summed E-state index contributed by atoms with van der Waals surface area (Å²) in [6, 6.07) is 11.7. The first-order chi connectivity index (χ1) is 10.8. The molecule has 2 heterocycles. The van der Waals surface area contributed by atoms with Crippen molar-refractivity contribution in [2.75, 3.05) is 39.4 Å². The third kappa shape index (κ3) is 5.23. The van der Waals surface area contributed by atoms with E-state index in [1.54, 1.807) is 0 Å². The zero-order valence-electron chi connectivity index (χ0n) is 13.0. The summed E-state index contributed by atoms with van der Waals surface area (Å²) in [6.07, 6.45) is 0. The summed E-state index contributed by atoms with van der Waals surface area (Å²) in [5, 5.41) is 4.13. The molecule has 0 spiro atoms. The van der Waals surface area contributed by atoms with Crippen LogP contribution in [-0.2, 0) is 11.3 Å². The molecule has 0 unspecified atom stereocenters. The summed E-state index contributed by atoms with van der Waals surface area (Å²) < 4.78 is 11.2. The highest BCUT2D eigenvalue weighted by atomic mass is 35.5. The third-order valence-corrected chi connectivity index (χ3v) is 4.14. The van der Waals surface area contributed by atoms with Gasteiger partial charge in [-0.2, -0.15) is 0 Å². The van der Waals surface area contributed by atoms with E-state index < -0.39 is 0 Å². The normalized spacial score (nSPS) is 15.3. The first-order valence-electron chi connectivity index (χ1n) is 7.67. The van der Waals surface area contributed by atoms with Crippen molar-refractivity contribution in [3.05, 3.63) is 47.2 Å². The van der Waals surface area contributed by atoms with Crippen molar-refractivity contribution in [1.82, 2.24) is 10.2 Å². The first-order valence-corrected chi connectivity index (χ1v) is 8.05. The van der Waals surface area contributed by atoms with Crippen molar-refractivity contribution in [2.24, 2.45) is 0 Å². The molecule has 3 rings (SSSR count).